The van der Waals surface area contributed by atoms with Crippen LogP contribution in [0.5, 0.6) is 5.75 Å². The first kappa shape index (κ1) is 12.3. The van der Waals surface area contributed by atoms with E-state index < -0.39 is 28.5 Å². The van der Waals surface area contributed by atoms with Crippen molar-refractivity contribution in [3.63, 3.8) is 0 Å². The zero-order valence-corrected chi connectivity index (χ0v) is 9.21. The van der Waals surface area contributed by atoms with E-state index in [0.29, 0.717) is 12.8 Å². The summed E-state index contributed by atoms with van der Waals surface area (Å²) >= 11 is 0. The highest BCUT2D eigenvalue weighted by atomic mass is 19.1. The van der Waals surface area contributed by atoms with Gasteiger partial charge >= 0.3 is 11.7 Å². The van der Waals surface area contributed by atoms with Crippen molar-refractivity contribution in [3.8, 4) is 5.75 Å². The third-order valence-electron chi connectivity index (χ3n) is 2.67. The van der Waals surface area contributed by atoms with Gasteiger partial charge in [0.1, 0.15) is 5.82 Å². The number of aliphatic carboxylic acids is 1. The highest BCUT2D eigenvalue weighted by Gasteiger charge is 2.39. The summed E-state index contributed by atoms with van der Waals surface area (Å²) in [5.74, 6) is -2.42. The number of carboxylic acid groups (broad SMARTS) is 1. The molecule has 1 aliphatic carbocycles. The van der Waals surface area contributed by atoms with Crippen LogP contribution < -0.4 is 4.74 Å². The fraction of sp³-hybridized carbons (Fsp3) is 0.364. The van der Waals surface area contributed by atoms with Crippen molar-refractivity contribution in [1.29, 1.82) is 0 Å². The maximum atomic E-state index is 13.0. The minimum absolute atomic E-state index is 0.162. The van der Waals surface area contributed by atoms with Crippen molar-refractivity contribution in [3.05, 3.63) is 34.1 Å². The molecule has 1 saturated carbocycles. The number of carboxylic acids is 1. The number of ether oxygens (including phenoxy) is 1. The van der Waals surface area contributed by atoms with E-state index in [1.807, 2.05) is 0 Å². The van der Waals surface area contributed by atoms with Gasteiger partial charge in [0, 0.05) is 18.1 Å². The molecule has 1 fully saturated rings. The van der Waals surface area contributed by atoms with Crippen molar-refractivity contribution in [1.82, 2.24) is 0 Å². The highest BCUT2D eigenvalue weighted by molar-refractivity contribution is 5.74. The number of nitro benzene ring substituents is 1. The molecule has 1 aromatic carbocycles. The summed E-state index contributed by atoms with van der Waals surface area (Å²) in [5, 5.41) is 19.7. The number of rotatable bonds is 5. The molecule has 0 bridgehead atoms. The molecule has 1 N–H and O–H groups in total. The smallest absolute Gasteiger partial charge is 0.345 e. The number of benzene rings is 1. The molecule has 2 rings (SSSR count). The van der Waals surface area contributed by atoms with E-state index >= 15 is 0 Å². The molecule has 1 aromatic rings. The fourth-order valence-corrected chi connectivity index (χ4v) is 1.62. The number of carbonyl (C=O) groups is 1. The predicted octanol–water partition coefficient (Wildman–Crippen LogP) is 1.98. The number of halogens is 1. The lowest BCUT2D eigenvalue weighted by atomic mass is 10.2. The van der Waals surface area contributed by atoms with Gasteiger partial charge in [0.05, 0.1) is 4.92 Å². The number of hydrogen-bond donors (Lipinski definition) is 1. The lowest BCUT2D eigenvalue weighted by Gasteiger charge is -2.14. The first-order valence-electron chi connectivity index (χ1n) is 5.32. The first-order chi connectivity index (χ1) is 8.49. The molecule has 1 unspecified atom stereocenters. The van der Waals surface area contributed by atoms with E-state index in [2.05, 4.69) is 0 Å². The average molecular weight is 255 g/mol. The lowest BCUT2D eigenvalue weighted by Crippen LogP contribution is -2.29. The van der Waals surface area contributed by atoms with Crippen molar-refractivity contribution in [2.24, 2.45) is 5.92 Å². The molecule has 0 radical (unpaired) electrons. The largest absolute Gasteiger partial charge is 0.478 e. The summed E-state index contributed by atoms with van der Waals surface area (Å²) in [6.07, 6.45) is 0.227. The van der Waals surface area contributed by atoms with E-state index in [9.17, 15) is 19.3 Å². The van der Waals surface area contributed by atoms with Gasteiger partial charge in [0.2, 0.25) is 5.75 Å². The SMILES string of the molecule is O=C(O)C(Oc1cc(F)ccc1[N+](=O)[O-])C1CC1. The van der Waals surface area contributed by atoms with Crippen LogP contribution in [0.25, 0.3) is 0 Å². The van der Waals surface area contributed by atoms with Crippen molar-refractivity contribution in [2.45, 2.75) is 18.9 Å². The van der Waals surface area contributed by atoms with E-state index in [-0.39, 0.29) is 11.7 Å². The third kappa shape index (κ3) is 2.55. The molecule has 0 aromatic heterocycles. The Hall–Kier alpha value is -2.18. The van der Waals surface area contributed by atoms with Gasteiger partial charge in [-0.3, -0.25) is 10.1 Å². The van der Waals surface area contributed by atoms with Gasteiger partial charge in [-0.2, -0.15) is 0 Å². The average Bonchev–Trinajstić information content (AvgIpc) is 3.08. The second-order valence-electron chi connectivity index (χ2n) is 4.08. The third-order valence-corrected chi connectivity index (χ3v) is 2.67. The maximum absolute atomic E-state index is 13.0. The molecule has 18 heavy (non-hydrogen) atoms. The van der Waals surface area contributed by atoms with Gasteiger partial charge in [0.15, 0.2) is 6.10 Å². The Labute approximate surface area is 101 Å². The standard InChI is InChI=1S/C11H10FNO5/c12-7-3-4-8(13(16)17)9(5-7)18-10(11(14)15)6-1-2-6/h3-6,10H,1-2H2,(H,14,15). The van der Waals surface area contributed by atoms with Crippen LogP contribution in [0.1, 0.15) is 12.8 Å². The molecule has 0 heterocycles. The highest BCUT2D eigenvalue weighted by Crippen LogP contribution is 2.37. The van der Waals surface area contributed by atoms with E-state index in [0.717, 1.165) is 18.2 Å². The van der Waals surface area contributed by atoms with Crippen molar-refractivity contribution in [2.75, 3.05) is 0 Å². The molecule has 0 amide bonds. The zero-order chi connectivity index (χ0) is 13.3. The summed E-state index contributed by atoms with van der Waals surface area (Å²) < 4.78 is 18.1. The normalized spacial score (nSPS) is 16.1. The number of nitro groups is 1. The maximum Gasteiger partial charge on any atom is 0.345 e. The molecular weight excluding hydrogens is 245 g/mol. The molecule has 7 heteroatoms. The summed E-state index contributed by atoms with van der Waals surface area (Å²) in [6, 6.07) is 2.71. The molecule has 6 nitrogen and oxygen atoms in total. The Morgan fingerprint density at radius 1 is 1.56 bits per heavy atom. The Bertz CT molecular complexity index is 500. The molecular formula is C11H10FNO5. The van der Waals surface area contributed by atoms with Crippen molar-refractivity contribution < 1.29 is 24.0 Å². The monoisotopic (exact) mass is 255 g/mol. The van der Waals surface area contributed by atoms with Crippen LogP contribution in [0.15, 0.2) is 18.2 Å². The molecule has 96 valence electrons. The Balaban J connectivity index is 2.28. The van der Waals surface area contributed by atoms with Gasteiger partial charge in [-0.15, -0.1) is 0 Å². The van der Waals surface area contributed by atoms with Crippen LogP contribution in [0.3, 0.4) is 0 Å². The van der Waals surface area contributed by atoms with Gasteiger partial charge < -0.3 is 9.84 Å². The van der Waals surface area contributed by atoms with Gasteiger partial charge in [-0.1, -0.05) is 0 Å². The summed E-state index contributed by atoms with van der Waals surface area (Å²) in [5.41, 5.74) is -0.441. The quantitative estimate of drug-likeness (QED) is 0.641. The fourth-order valence-electron chi connectivity index (χ4n) is 1.62. The van der Waals surface area contributed by atoms with Crippen LogP contribution >= 0.6 is 0 Å². The van der Waals surface area contributed by atoms with Gasteiger partial charge in [0.25, 0.3) is 0 Å². The summed E-state index contributed by atoms with van der Waals surface area (Å²) in [7, 11) is 0. The molecule has 1 aliphatic rings. The number of nitrogens with zero attached hydrogens (tertiary/aromatic N) is 1. The zero-order valence-electron chi connectivity index (χ0n) is 9.21. The van der Waals surface area contributed by atoms with Crippen LogP contribution in [0.2, 0.25) is 0 Å². The molecule has 0 spiro atoms. The Morgan fingerprint density at radius 2 is 2.22 bits per heavy atom. The first-order valence-corrected chi connectivity index (χ1v) is 5.32. The minimum atomic E-state index is -1.20. The lowest BCUT2D eigenvalue weighted by molar-refractivity contribution is -0.386. The molecule has 1 atom stereocenters. The van der Waals surface area contributed by atoms with E-state index in [1.165, 1.54) is 0 Å². The Morgan fingerprint density at radius 3 is 2.72 bits per heavy atom. The topological polar surface area (TPSA) is 89.7 Å². The van der Waals surface area contributed by atoms with Crippen LogP contribution in [0, 0.1) is 21.8 Å². The molecule has 0 aliphatic heterocycles. The van der Waals surface area contributed by atoms with E-state index in [4.69, 9.17) is 9.84 Å². The Kier molecular flexibility index (Phi) is 3.14. The number of hydrogen-bond acceptors (Lipinski definition) is 4. The van der Waals surface area contributed by atoms with Gasteiger partial charge in [-0.25, -0.2) is 9.18 Å². The van der Waals surface area contributed by atoms with E-state index in [1.54, 1.807) is 0 Å². The second-order valence-corrected chi connectivity index (χ2v) is 4.08. The molecule has 0 saturated heterocycles. The van der Waals surface area contributed by atoms with Crippen molar-refractivity contribution >= 4 is 11.7 Å². The summed E-state index contributed by atoms with van der Waals surface area (Å²) in [6.45, 7) is 0. The summed E-state index contributed by atoms with van der Waals surface area (Å²) in [4.78, 5) is 21.0. The minimum Gasteiger partial charge on any atom is -0.478 e. The van der Waals surface area contributed by atoms with Crippen LogP contribution in [-0.2, 0) is 4.79 Å². The second kappa shape index (κ2) is 4.59. The van der Waals surface area contributed by atoms with Crippen LogP contribution in [0.4, 0.5) is 10.1 Å². The van der Waals surface area contributed by atoms with Gasteiger partial charge in [-0.05, 0) is 18.9 Å². The predicted molar refractivity (Wildman–Crippen MR) is 57.8 cm³/mol. The van der Waals surface area contributed by atoms with Crippen LogP contribution in [-0.4, -0.2) is 22.1 Å².